The van der Waals surface area contributed by atoms with Crippen molar-refractivity contribution in [1.82, 2.24) is 0 Å². The summed E-state index contributed by atoms with van der Waals surface area (Å²) in [5, 5.41) is 3.19. The standard InChI is InChI=1S/C21H22ClNO5/c1-4-6-13-9-14(10-19(25-2)20(13)26-3)21(24)23-16-12-18-17(11-15(16)22)27-7-5-8-28-18/h4,9-12H,1,5-8H2,2-3H3,(H,23,24). The minimum Gasteiger partial charge on any atom is -0.493 e. The van der Waals surface area contributed by atoms with Gasteiger partial charge in [-0.05, 0) is 18.6 Å². The zero-order chi connectivity index (χ0) is 20.1. The lowest BCUT2D eigenvalue weighted by Gasteiger charge is -2.15. The van der Waals surface area contributed by atoms with Crippen molar-refractivity contribution in [3.63, 3.8) is 0 Å². The van der Waals surface area contributed by atoms with Crippen LogP contribution < -0.4 is 24.3 Å². The van der Waals surface area contributed by atoms with Gasteiger partial charge in [0.2, 0.25) is 0 Å². The largest absolute Gasteiger partial charge is 0.493 e. The average Bonchev–Trinajstić information content (AvgIpc) is 2.92. The van der Waals surface area contributed by atoms with Crippen LogP contribution in [0, 0.1) is 0 Å². The number of carbonyl (C=O) groups is 1. The van der Waals surface area contributed by atoms with Crippen molar-refractivity contribution < 1.29 is 23.7 Å². The van der Waals surface area contributed by atoms with E-state index in [9.17, 15) is 4.79 Å². The van der Waals surface area contributed by atoms with E-state index >= 15 is 0 Å². The van der Waals surface area contributed by atoms with Crippen molar-refractivity contribution in [2.45, 2.75) is 12.8 Å². The Kier molecular flexibility index (Phi) is 6.31. The first-order chi connectivity index (χ1) is 13.6. The van der Waals surface area contributed by atoms with Gasteiger partial charge in [0.05, 0.1) is 38.1 Å². The van der Waals surface area contributed by atoms with Crippen LogP contribution in [-0.4, -0.2) is 33.3 Å². The van der Waals surface area contributed by atoms with Gasteiger partial charge in [-0.2, -0.15) is 0 Å². The van der Waals surface area contributed by atoms with E-state index in [-0.39, 0.29) is 5.91 Å². The summed E-state index contributed by atoms with van der Waals surface area (Å²) in [5.74, 6) is 1.84. The Morgan fingerprint density at radius 3 is 2.54 bits per heavy atom. The maximum atomic E-state index is 12.9. The van der Waals surface area contributed by atoms with Crippen LogP contribution in [0.2, 0.25) is 5.02 Å². The fourth-order valence-corrected chi connectivity index (χ4v) is 3.16. The summed E-state index contributed by atoms with van der Waals surface area (Å²) in [6, 6.07) is 6.69. The molecule has 0 aromatic heterocycles. The number of allylic oxidation sites excluding steroid dienone is 1. The fourth-order valence-electron chi connectivity index (χ4n) is 2.96. The number of carbonyl (C=O) groups excluding carboxylic acids is 1. The molecule has 0 unspecified atom stereocenters. The maximum absolute atomic E-state index is 12.9. The third-order valence-corrected chi connectivity index (χ3v) is 4.58. The zero-order valence-corrected chi connectivity index (χ0v) is 16.6. The Balaban J connectivity index is 1.92. The van der Waals surface area contributed by atoms with E-state index in [1.807, 2.05) is 0 Å². The number of fused-ring (bicyclic) bond motifs is 1. The van der Waals surface area contributed by atoms with E-state index in [4.69, 9.17) is 30.5 Å². The first-order valence-electron chi connectivity index (χ1n) is 8.83. The van der Waals surface area contributed by atoms with Gasteiger partial charge in [0.1, 0.15) is 0 Å². The third kappa shape index (κ3) is 4.17. The molecule has 6 nitrogen and oxygen atoms in total. The molecular weight excluding hydrogens is 382 g/mol. The van der Waals surface area contributed by atoms with Crippen molar-refractivity contribution in [2.24, 2.45) is 0 Å². The molecule has 0 bridgehead atoms. The highest BCUT2D eigenvalue weighted by molar-refractivity contribution is 6.34. The van der Waals surface area contributed by atoms with Crippen molar-refractivity contribution >= 4 is 23.2 Å². The number of methoxy groups -OCH3 is 2. The Bertz CT molecular complexity index is 897. The van der Waals surface area contributed by atoms with Gasteiger partial charge in [0.15, 0.2) is 23.0 Å². The van der Waals surface area contributed by atoms with Crippen LogP contribution in [0.5, 0.6) is 23.0 Å². The first-order valence-corrected chi connectivity index (χ1v) is 9.21. The number of hydrogen-bond acceptors (Lipinski definition) is 5. The number of anilines is 1. The van der Waals surface area contributed by atoms with E-state index in [2.05, 4.69) is 11.9 Å². The molecule has 0 spiro atoms. The van der Waals surface area contributed by atoms with Gasteiger partial charge in [-0.3, -0.25) is 4.79 Å². The summed E-state index contributed by atoms with van der Waals surface area (Å²) in [6.45, 7) is 4.86. The van der Waals surface area contributed by atoms with Crippen LogP contribution in [-0.2, 0) is 6.42 Å². The topological polar surface area (TPSA) is 66.0 Å². The lowest BCUT2D eigenvalue weighted by Crippen LogP contribution is -2.13. The van der Waals surface area contributed by atoms with Gasteiger partial charge in [0, 0.05) is 29.7 Å². The molecule has 7 heteroatoms. The zero-order valence-electron chi connectivity index (χ0n) is 15.8. The third-order valence-electron chi connectivity index (χ3n) is 4.27. The highest BCUT2D eigenvalue weighted by Crippen LogP contribution is 2.38. The summed E-state index contributed by atoms with van der Waals surface area (Å²) >= 11 is 6.33. The van der Waals surface area contributed by atoms with Gasteiger partial charge in [-0.25, -0.2) is 0 Å². The summed E-state index contributed by atoms with van der Waals surface area (Å²) in [4.78, 5) is 12.9. The Labute approximate surface area is 169 Å². The van der Waals surface area contributed by atoms with E-state index < -0.39 is 0 Å². The number of hydrogen-bond donors (Lipinski definition) is 1. The fraction of sp³-hybridized carbons (Fsp3) is 0.286. The molecule has 1 N–H and O–H groups in total. The SMILES string of the molecule is C=CCc1cc(C(=O)Nc2cc3c(cc2Cl)OCCCO3)cc(OC)c1OC. The molecule has 0 radical (unpaired) electrons. The molecule has 1 heterocycles. The second kappa shape index (κ2) is 8.89. The van der Waals surface area contributed by atoms with Crippen LogP contribution in [0.1, 0.15) is 22.3 Å². The first kappa shape index (κ1) is 19.9. The molecule has 1 amide bonds. The lowest BCUT2D eigenvalue weighted by molar-refractivity contribution is 0.102. The number of nitrogens with one attached hydrogen (secondary N) is 1. The highest BCUT2D eigenvalue weighted by Gasteiger charge is 2.19. The van der Waals surface area contributed by atoms with Gasteiger partial charge in [-0.15, -0.1) is 6.58 Å². The molecule has 148 valence electrons. The Morgan fingerprint density at radius 1 is 1.18 bits per heavy atom. The number of benzene rings is 2. The maximum Gasteiger partial charge on any atom is 0.255 e. The minimum atomic E-state index is -0.331. The molecule has 0 saturated carbocycles. The lowest BCUT2D eigenvalue weighted by atomic mass is 10.0. The number of amides is 1. The predicted octanol–water partition coefficient (Wildman–Crippen LogP) is 4.50. The molecule has 2 aromatic rings. The van der Waals surface area contributed by atoms with E-state index in [0.717, 1.165) is 12.0 Å². The van der Waals surface area contributed by atoms with Crippen molar-refractivity contribution in [3.8, 4) is 23.0 Å². The molecule has 28 heavy (non-hydrogen) atoms. The van der Waals surface area contributed by atoms with E-state index in [1.54, 1.807) is 37.5 Å². The van der Waals surface area contributed by atoms with Crippen molar-refractivity contribution in [3.05, 3.63) is 53.1 Å². The average molecular weight is 404 g/mol. The normalized spacial score (nSPS) is 12.7. The molecule has 3 rings (SSSR count). The van der Waals surface area contributed by atoms with Crippen molar-refractivity contribution in [2.75, 3.05) is 32.8 Å². The Hall–Kier alpha value is -2.86. The molecular formula is C21H22ClNO5. The minimum absolute atomic E-state index is 0.331. The molecule has 0 fully saturated rings. The summed E-state index contributed by atoms with van der Waals surface area (Å²) in [5.41, 5.74) is 1.65. The number of halogens is 1. The van der Waals surface area contributed by atoms with Crippen LogP contribution in [0.3, 0.4) is 0 Å². The summed E-state index contributed by atoms with van der Waals surface area (Å²) in [6.07, 6.45) is 3.05. The summed E-state index contributed by atoms with van der Waals surface area (Å²) in [7, 11) is 3.08. The van der Waals surface area contributed by atoms with Crippen molar-refractivity contribution in [1.29, 1.82) is 0 Å². The predicted molar refractivity (Wildman–Crippen MR) is 108 cm³/mol. The smallest absolute Gasteiger partial charge is 0.255 e. The van der Waals surface area contributed by atoms with Crippen LogP contribution in [0.25, 0.3) is 0 Å². The van der Waals surface area contributed by atoms with Gasteiger partial charge in [0.25, 0.3) is 5.91 Å². The molecule has 1 aliphatic heterocycles. The molecule has 0 saturated heterocycles. The molecule has 0 atom stereocenters. The van der Waals surface area contributed by atoms with E-state index in [1.165, 1.54) is 7.11 Å². The highest BCUT2D eigenvalue weighted by atomic mass is 35.5. The van der Waals surface area contributed by atoms with Gasteiger partial charge < -0.3 is 24.3 Å². The Morgan fingerprint density at radius 2 is 1.89 bits per heavy atom. The monoisotopic (exact) mass is 403 g/mol. The summed E-state index contributed by atoms with van der Waals surface area (Å²) < 4.78 is 22.1. The van der Waals surface area contributed by atoms with Crippen LogP contribution in [0.4, 0.5) is 5.69 Å². The molecule has 0 aliphatic carbocycles. The molecule has 1 aliphatic rings. The number of ether oxygens (including phenoxy) is 4. The second-order valence-corrected chi connectivity index (χ2v) is 6.55. The second-order valence-electron chi connectivity index (χ2n) is 6.15. The van der Waals surface area contributed by atoms with E-state index in [0.29, 0.717) is 58.9 Å². The van der Waals surface area contributed by atoms with Gasteiger partial charge >= 0.3 is 0 Å². The van der Waals surface area contributed by atoms with Gasteiger partial charge in [-0.1, -0.05) is 17.7 Å². The number of rotatable bonds is 6. The quantitative estimate of drug-likeness (QED) is 0.719. The van der Waals surface area contributed by atoms with Crippen LogP contribution in [0.15, 0.2) is 36.9 Å². The molecule has 2 aromatic carbocycles. The van der Waals surface area contributed by atoms with Crippen LogP contribution >= 0.6 is 11.6 Å².